The highest BCUT2D eigenvalue weighted by Crippen LogP contribution is 2.21. The van der Waals surface area contributed by atoms with Crippen molar-refractivity contribution in [3.05, 3.63) is 0 Å². The molecule has 0 heterocycles. The molecule has 10 heavy (non-hydrogen) atoms. The molecule has 0 aliphatic rings. The number of hydrogen-bond donors (Lipinski definition) is 3. The maximum atomic E-state index is 10.2. The fraction of sp³-hybridized carbons (Fsp3) is 0.833. The Balaban J connectivity index is 4.17. The van der Waals surface area contributed by atoms with Crippen molar-refractivity contribution in [2.24, 2.45) is 5.41 Å². The molecule has 0 aromatic heterocycles. The van der Waals surface area contributed by atoms with E-state index in [2.05, 4.69) is 12.6 Å². The molecule has 0 aliphatic heterocycles. The standard InChI is InChI=1S/C6H12O3S/c1-6(2,3-10)4(7)5(8)9/h4,7,10H,3H2,1-2H3,(H,8,9). The SMILES string of the molecule is CC(C)(CS)C(O)C(=O)O. The molecule has 2 N–H and O–H groups in total. The Morgan fingerprint density at radius 2 is 2.10 bits per heavy atom. The van der Waals surface area contributed by atoms with Crippen LogP contribution in [0.5, 0.6) is 0 Å². The first-order valence-electron chi connectivity index (χ1n) is 2.93. The number of carboxylic acids is 1. The van der Waals surface area contributed by atoms with Gasteiger partial charge in [0, 0.05) is 5.41 Å². The second-order valence-electron chi connectivity index (χ2n) is 2.89. The van der Waals surface area contributed by atoms with Crippen LogP contribution >= 0.6 is 12.6 Å². The molecule has 0 saturated heterocycles. The molecule has 0 spiro atoms. The van der Waals surface area contributed by atoms with Gasteiger partial charge in [-0.2, -0.15) is 12.6 Å². The summed E-state index contributed by atoms with van der Waals surface area (Å²) >= 11 is 3.91. The van der Waals surface area contributed by atoms with Gasteiger partial charge in [-0.25, -0.2) is 4.79 Å². The molecule has 60 valence electrons. The lowest BCUT2D eigenvalue weighted by Gasteiger charge is -2.24. The van der Waals surface area contributed by atoms with E-state index in [-0.39, 0.29) is 0 Å². The Morgan fingerprint density at radius 1 is 1.70 bits per heavy atom. The zero-order valence-electron chi connectivity index (χ0n) is 6.03. The third-order valence-corrected chi connectivity index (χ3v) is 2.20. The van der Waals surface area contributed by atoms with E-state index >= 15 is 0 Å². The molecule has 3 nitrogen and oxygen atoms in total. The van der Waals surface area contributed by atoms with Crippen LogP contribution in [0.15, 0.2) is 0 Å². The fourth-order valence-corrected chi connectivity index (χ4v) is 0.594. The van der Waals surface area contributed by atoms with Crippen LogP contribution in [0.4, 0.5) is 0 Å². The molecular formula is C6H12O3S. The Kier molecular flexibility index (Phi) is 3.18. The van der Waals surface area contributed by atoms with E-state index in [0.29, 0.717) is 5.75 Å². The lowest BCUT2D eigenvalue weighted by Crippen LogP contribution is -2.37. The molecule has 0 aliphatic carbocycles. The highest BCUT2D eigenvalue weighted by Gasteiger charge is 2.31. The second kappa shape index (κ2) is 3.25. The largest absolute Gasteiger partial charge is 0.479 e. The van der Waals surface area contributed by atoms with Crippen LogP contribution in [0.25, 0.3) is 0 Å². The van der Waals surface area contributed by atoms with E-state index in [9.17, 15) is 4.79 Å². The molecule has 4 heteroatoms. The first-order chi connectivity index (χ1) is 4.41. The average molecular weight is 164 g/mol. The van der Waals surface area contributed by atoms with E-state index in [1.165, 1.54) is 0 Å². The quantitative estimate of drug-likeness (QED) is 0.529. The van der Waals surface area contributed by atoms with Gasteiger partial charge in [0.05, 0.1) is 0 Å². The molecule has 0 amide bonds. The molecule has 0 aromatic rings. The van der Waals surface area contributed by atoms with Crippen LogP contribution in [0.3, 0.4) is 0 Å². The highest BCUT2D eigenvalue weighted by atomic mass is 32.1. The average Bonchev–Trinajstić information content (AvgIpc) is 1.86. The van der Waals surface area contributed by atoms with E-state index in [1.54, 1.807) is 13.8 Å². The van der Waals surface area contributed by atoms with Crippen molar-refractivity contribution in [1.82, 2.24) is 0 Å². The Bertz CT molecular complexity index is 133. The van der Waals surface area contributed by atoms with E-state index in [4.69, 9.17) is 10.2 Å². The summed E-state index contributed by atoms with van der Waals surface area (Å²) in [6.07, 6.45) is -1.33. The lowest BCUT2D eigenvalue weighted by atomic mass is 9.89. The van der Waals surface area contributed by atoms with Crippen LogP contribution in [-0.4, -0.2) is 28.0 Å². The summed E-state index contributed by atoms with van der Waals surface area (Å²) in [6, 6.07) is 0. The van der Waals surface area contributed by atoms with Crippen molar-refractivity contribution in [3.63, 3.8) is 0 Å². The summed E-state index contributed by atoms with van der Waals surface area (Å²) in [7, 11) is 0. The van der Waals surface area contributed by atoms with Crippen LogP contribution in [0, 0.1) is 5.41 Å². The normalized spacial score (nSPS) is 14.8. The smallest absolute Gasteiger partial charge is 0.333 e. The van der Waals surface area contributed by atoms with Crippen LogP contribution in [0.1, 0.15) is 13.8 Å². The van der Waals surface area contributed by atoms with Crippen LogP contribution in [-0.2, 0) is 4.79 Å². The third kappa shape index (κ3) is 2.19. The maximum absolute atomic E-state index is 10.2. The van der Waals surface area contributed by atoms with Crippen LogP contribution in [0.2, 0.25) is 0 Å². The topological polar surface area (TPSA) is 57.5 Å². The van der Waals surface area contributed by atoms with Gasteiger partial charge in [0.1, 0.15) is 0 Å². The Hall–Kier alpha value is -0.220. The zero-order chi connectivity index (χ0) is 8.36. The van der Waals surface area contributed by atoms with E-state index in [0.717, 1.165) is 0 Å². The third-order valence-electron chi connectivity index (χ3n) is 1.38. The van der Waals surface area contributed by atoms with E-state index < -0.39 is 17.5 Å². The molecule has 0 bridgehead atoms. The zero-order valence-corrected chi connectivity index (χ0v) is 6.93. The van der Waals surface area contributed by atoms with E-state index in [1.807, 2.05) is 0 Å². The van der Waals surface area contributed by atoms with Gasteiger partial charge in [0.15, 0.2) is 6.10 Å². The predicted octanol–water partition coefficient (Wildman–Crippen LogP) is 0.388. The summed E-state index contributed by atoms with van der Waals surface area (Å²) in [5, 5.41) is 17.4. The maximum Gasteiger partial charge on any atom is 0.333 e. The molecule has 0 aromatic carbocycles. The number of thiol groups is 1. The first kappa shape index (κ1) is 9.78. The number of aliphatic carboxylic acids is 1. The van der Waals surface area contributed by atoms with Crippen LogP contribution < -0.4 is 0 Å². The van der Waals surface area contributed by atoms with Crippen molar-refractivity contribution in [3.8, 4) is 0 Å². The Labute approximate surface area is 65.5 Å². The van der Waals surface area contributed by atoms with Gasteiger partial charge >= 0.3 is 5.97 Å². The van der Waals surface area contributed by atoms with Gasteiger partial charge < -0.3 is 10.2 Å². The minimum Gasteiger partial charge on any atom is -0.479 e. The fourth-order valence-electron chi connectivity index (χ4n) is 0.421. The summed E-state index contributed by atoms with van der Waals surface area (Å²) in [5.41, 5.74) is -0.658. The first-order valence-corrected chi connectivity index (χ1v) is 3.57. The van der Waals surface area contributed by atoms with Gasteiger partial charge in [-0.15, -0.1) is 0 Å². The van der Waals surface area contributed by atoms with Gasteiger partial charge in [0.25, 0.3) is 0 Å². The van der Waals surface area contributed by atoms with Crippen molar-refractivity contribution < 1.29 is 15.0 Å². The summed E-state index contributed by atoms with van der Waals surface area (Å²) in [6.45, 7) is 3.30. The minimum absolute atomic E-state index is 0.348. The number of carboxylic acid groups (broad SMARTS) is 1. The molecule has 0 rings (SSSR count). The Morgan fingerprint density at radius 3 is 2.20 bits per heavy atom. The molecule has 1 atom stereocenters. The summed E-state index contributed by atoms with van der Waals surface area (Å²) in [4.78, 5) is 10.2. The van der Waals surface area contributed by atoms with Crippen molar-refractivity contribution in [2.75, 3.05) is 5.75 Å². The van der Waals surface area contributed by atoms with Crippen molar-refractivity contribution in [1.29, 1.82) is 0 Å². The number of aliphatic hydroxyl groups excluding tert-OH is 1. The highest BCUT2D eigenvalue weighted by molar-refractivity contribution is 7.80. The molecule has 0 saturated carbocycles. The number of carbonyl (C=O) groups is 1. The predicted molar refractivity (Wildman–Crippen MR) is 41.3 cm³/mol. The van der Waals surface area contributed by atoms with Gasteiger partial charge in [-0.1, -0.05) is 13.8 Å². The second-order valence-corrected chi connectivity index (χ2v) is 3.20. The minimum atomic E-state index is -1.33. The molecular weight excluding hydrogens is 152 g/mol. The van der Waals surface area contributed by atoms with Crippen molar-refractivity contribution >= 4 is 18.6 Å². The monoisotopic (exact) mass is 164 g/mol. The van der Waals surface area contributed by atoms with Crippen molar-refractivity contribution in [2.45, 2.75) is 20.0 Å². The van der Waals surface area contributed by atoms with Gasteiger partial charge in [-0.3, -0.25) is 0 Å². The molecule has 1 unspecified atom stereocenters. The lowest BCUT2D eigenvalue weighted by molar-refractivity contribution is -0.152. The summed E-state index contributed by atoms with van der Waals surface area (Å²) in [5.74, 6) is -0.848. The van der Waals surface area contributed by atoms with Gasteiger partial charge in [0.2, 0.25) is 0 Å². The number of aliphatic hydroxyl groups is 1. The number of hydrogen-bond acceptors (Lipinski definition) is 3. The molecule has 0 radical (unpaired) electrons. The van der Waals surface area contributed by atoms with Gasteiger partial charge in [-0.05, 0) is 5.75 Å². The number of rotatable bonds is 3. The molecule has 0 fully saturated rings. The summed E-state index contributed by atoms with van der Waals surface area (Å²) < 4.78 is 0.